The Bertz CT molecular complexity index is 781. The molecule has 0 aliphatic carbocycles. The van der Waals surface area contributed by atoms with Crippen LogP contribution >= 0.6 is 0 Å². The van der Waals surface area contributed by atoms with Crippen LogP contribution < -0.4 is 5.32 Å². The van der Waals surface area contributed by atoms with Gasteiger partial charge in [-0.15, -0.1) is 0 Å². The third-order valence-corrected chi connectivity index (χ3v) is 3.81. The minimum Gasteiger partial charge on any atom is -0.394 e. The molecule has 0 bridgehead atoms. The van der Waals surface area contributed by atoms with Crippen LogP contribution in [0.1, 0.15) is 20.3 Å². The Morgan fingerprint density at radius 3 is 2.87 bits per heavy atom. The fourth-order valence-electron chi connectivity index (χ4n) is 2.81. The van der Waals surface area contributed by atoms with Gasteiger partial charge in [-0.3, -0.25) is 0 Å². The van der Waals surface area contributed by atoms with E-state index in [1.165, 1.54) is 0 Å². The van der Waals surface area contributed by atoms with Crippen molar-refractivity contribution in [1.82, 2.24) is 15.0 Å². The standard InChI is InChI=1S/C18H22N4O/c1-12(2)10-13(11-23)21-17-5-3-4-16(22-17)14-6-8-19-18-15(14)7-9-20-18/h3-9,12-13,23H,10-11H2,1-2H3,(H,19,20)(H,21,22). The summed E-state index contributed by atoms with van der Waals surface area (Å²) in [5.41, 5.74) is 2.79. The molecular weight excluding hydrogens is 288 g/mol. The molecule has 120 valence electrons. The van der Waals surface area contributed by atoms with E-state index < -0.39 is 0 Å². The van der Waals surface area contributed by atoms with E-state index in [1.807, 2.05) is 36.5 Å². The summed E-state index contributed by atoms with van der Waals surface area (Å²) in [5, 5.41) is 13.9. The minimum absolute atomic E-state index is 0.0162. The molecule has 3 aromatic heterocycles. The van der Waals surface area contributed by atoms with Crippen LogP contribution in [-0.2, 0) is 0 Å². The molecule has 0 spiro atoms. The van der Waals surface area contributed by atoms with E-state index in [4.69, 9.17) is 4.98 Å². The number of aliphatic hydroxyl groups is 1. The summed E-state index contributed by atoms with van der Waals surface area (Å²) >= 11 is 0. The lowest BCUT2D eigenvalue weighted by atomic mass is 10.0. The number of rotatable bonds is 6. The van der Waals surface area contributed by atoms with Gasteiger partial charge < -0.3 is 15.4 Å². The Hall–Kier alpha value is -2.40. The number of nitrogens with zero attached hydrogens (tertiary/aromatic N) is 2. The van der Waals surface area contributed by atoms with E-state index in [9.17, 15) is 5.11 Å². The van der Waals surface area contributed by atoms with Crippen molar-refractivity contribution in [2.75, 3.05) is 11.9 Å². The summed E-state index contributed by atoms with van der Waals surface area (Å²) in [6.07, 6.45) is 4.57. The zero-order chi connectivity index (χ0) is 16.2. The van der Waals surface area contributed by atoms with Gasteiger partial charge in [-0.1, -0.05) is 19.9 Å². The zero-order valence-electron chi connectivity index (χ0n) is 13.5. The van der Waals surface area contributed by atoms with Crippen molar-refractivity contribution >= 4 is 16.9 Å². The van der Waals surface area contributed by atoms with Gasteiger partial charge in [0.05, 0.1) is 18.3 Å². The average Bonchev–Trinajstić information content (AvgIpc) is 3.02. The largest absolute Gasteiger partial charge is 0.394 e. The van der Waals surface area contributed by atoms with Gasteiger partial charge in [-0.25, -0.2) is 9.97 Å². The first-order valence-electron chi connectivity index (χ1n) is 7.94. The Morgan fingerprint density at radius 1 is 1.22 bits per heavy atom. The number of aromatic amines is 1. The zero-order valence-corrected chi connectivity index (χ0v) is 13.5. The fourth-order valence-corrected chi connectivity index (χ4v) is 2.81. The Balaban J connectivity index is 1.89. The van der Waals surface area contributed by atoms with Crippen LogP contribution in [0.2, 0.25) is 0 Å². The van der Waals surface area contributed by atoms with E-state index in [0.717, 1.165) is 34.5 Å². The number of H-pyrrole nitrogens is 1. The van der Waals surface area contributed by atoms with Crippen LogP contribution in [0.25, 0.3) is 22.3 Å². The second kappa shape index (κ2) is 6.79. The number of anilines is 1. The molecule has 0 amide bonds. The minimum atomic E-state index is 0.0162. The molecule has 3 heterocycles. The topological polar surface area (TPSA) is 73.8 Å². The number of nitrogens with one attached hydrogen (secondary N) is 2. The molecule has 0 aliphatic heterocycles. The lowest BCUT2D eigenvalue weighted by Gasteiger charge is -2.19. The molecule has 0 aliphatic rings. The molecule has 23 heavy (non-hydrogen) atoms. The monoisotopic (exact) mass is 310 g/mol. The summed E-state index contributed by atoms with van der Waals surface area (Å²) < 4.78 is 0. The lowest BCUT2D eigenvalue weighted by molar-refractivity contribution is 0.259. The highest BCUT2D eigenvalue weighted by Crippen LogP contribution is 2.26. The molecule has 0 aromatic carbocycles. The maximum absolute atomic E-state index is 9.53. The summed E-state index contributed by atoms with van der Waals surface area (Å²) in [6.45, 7) is 4.39. The number of aromatic nitrogens is 3. The third kappa shape index (κ3) is 3.51. The molecule has 0 saturated heterocycles. The Labute approximate surface area is 135 Å². The van der Waals surface area contributed by atoms with Gasteiger partial charge in [0.1, 0.15) is 11.5 Å². The quantitative estimate of drug-likeness (QED) is 0.652. The second-order valence-electron chi connectivity index (χ2n) is 6.16. The maximum atomic E-state index is 9.53. The Morgan fingerprint density at radius 2 is 2.09 bits per heavy atom. The van der Waals surface area contributed by atoms with Crippen molar-refractivity contribution in [2.24, 2.45) is 5.92 Å². The average molecular weight is 310 g/mol. The molecule has 3 N–H and O–H groups in total. The molecule has 1 unspecified atom stereocenters. The summed E-state index contributed by atoms with van der Waals surface area (Å²) in [5.74, 6) is 1.30. The van der Waals surface area contributed by atoms with Crippen LogP contribution in [0.5, 0.6) is 0 Å². The van der Waals surface area contributed by atoms with Crippen LogP contribution in [0.15, 0.2) is 42.7 Å². The van der Waals surface area contributed by atoms with Gasteiger partial charge in [0.2, 0.25) is 0 Å². The van der Waals surface area contributed by atoms with Gasteiger partial charge in [0, 0.05) is 23.3 Å². The first-order chi connectivity index (χ1) is 11.2. The molecule has 0 radical (unpaired) electrons. The molecule has 3 aromatic rings. The number of aliphatic hydroxyl groups excluding tert-OH is 1. The molecule has 1 atom stereocenters. The summed E-state index contributed by atoms with van der Waals surface area (Å²) in [6, 6.07) is 9.90. The van der Waals surface area contributed by atoms with Gasteiger partial charge in [-0.2, -0.15) is 0 Å². The third-order valence-electron chi connectivity index (χ3n) is 3.81. The summed E-state index contributed by atoms with van der Waals surface area (Å²) in [4.78, 5) is 12.1. The Kier molecular flexibility index (Phi) is 4.57. The highest BCUT2D eigenvalue weighted by atomic mass is 16.3. The molecule has 3 rings (SSSR count). The van der Waals surface area contributed by atoms with Crippen molar-refractivity contribution in [1.29, 1.82) is 0 Å². The number of pyridine rings is 2. The van der Waals surface area contributed by atoms with E-state index in [1.54, 1.807) is 6.20 Å². The highest BCUT2D eigenvalue weighted by molar-refractivity contribution is 5.91. The van der Waals surface area contributed by atoms with E-state index >= 15 is 0 Å². The van der Waals surface area contributed by atoms with Crippen LogP contribution in [0.4, 0.5) is 5.82 Å². The van der Waals surface area contributed by atoms with Gasteiger partial charge in [-0.05, 0) is 36.6 Å². The van der Waals surface area contributed by atoms with Crippen LogP contribution in [0.3, 0.4) is 0 Å². The molecule has 5 nitrogen and oxygen atoms in total. The molecule has 5 heteroatoms. The van der Waals surface area contributed by atoms with E-state index in [0.29, 0.717) is 5.92 Å². The van der Waals surface area contributed by atoms with E-state index in [-0.39, 0.29) is 12.6 Å². The number of hydrogen-bond acceptors (Lipinski definition) is 4. The number of hydrogen-bond donors (Lipinski definition) is 3. The maximum Gasteiger partial charge on any atom is 0.137 e. The van der Waals surface area contributed by atoms with Crippen molar-refractivity contribution in [3.05, 3.63) is 42.7 Å². The number of fused-ring (bicyclic) bond motifs is 1. The van der Waals surface area contributed by atoms with Crippen molar-refractivity contribution < 1.29 is 5.11 Å². The lowest BCUT2D eigenvalue weighted by Crippen LogP contribution is -2.26. The van der Waals surface area contributed by atoms with Crippen LogP contribution in [0, 0.1) is 5.92 Å². The van der Waals surface area contributed by atoms with Crippen LogP contribution in [-0.4, -0.2) is 32.7 Å². The first kappa shape index (κ1) is 15.5. The SMILES string of the molecule is CC(C)CC(CO)Nc1cccc(-c2ccnc3[nH]ccc23)n1. The summed E-state index contributed by atoms with van der Waals surface area (Å²) in [7, 11) is 0. The predicted molar refractivity (Wildman–Crippen MR) is 93.3 cm³/mol. The van der Waals surface area contributed by atoms with Gasteiger partial charge in [0.15, 0.2) is 0 Å². The van der Waals surface area contributed by atoms with Crippen molar-refractivity contribution in [3.8, 4) is 11.3 Å². The van der Waals surface area contributed by atoms with Gasteiger partial charge >= 0.3 is 0 Å². The predicted octanol–water partition coefficient (Wildman–Crippen LogP) is 3.44. The normalized spacial score (nSPS) is 12.7. The second-order valence-corrected chi connectivity index (χ2v) is 6.16. The van der Waals surface area contributed by atoms with E-state index in [2.05, 4.69) is 29.1 Å². The molecular formula is C18H22N4O. The fraction of sp³-hybridized carbons (Fsp3) is 0.333. The van der Waals surface area contributed by atoms with Crippen molar-refractivity contribution in [2.45, 2.75) is 26.3 Å². The van der Waals surface area contributed by atoms with Gasteiger partial charge in [0.25, 0.3) is 0 Å². The molecule has 0 saturated carbocycles. The molecule has 0 fully saturated rings. The van der Waals surface area contributed by atoms with Crippen molar-refractivity contribution in [3.63, 3.8) is 0 Å². The first-order valence-corrected chi connectivity index (χ1v) is 7.94. The smallest absolute Gasteiger partial charge is 0.137 e. The highest BCUT2D eigenvalue weighted by Gasteiger charge is 2.12.